The average Bonchev–Trinajstić information content (AvgIpc) is 2.55. The Kier molecular flexibility index (Phi) is 4.70. The van der Waals surface area contributed by atoms with Crippen molar-refractivity contribution in [1.29, 1.82) is 0 Å². The molecule has 1 aliphatic rings. The molecule has 2 atom stereocenters. The smallest absolute Gasteiger partial charge is 0.0702 e. The molecule has 1 aliphatic heterocycles. The van der Waals surface area contributed by atoms with Crippen LogP contribution in [0.25, 0.3) is 0 Å². The number of hydrogen-bond donors (Lipinski definition) is 1. The Hall–Kier alpha value is -0.120. The van der Waals surface area contributed by atoms with Crippen molar-refractivity contribution in [1.82, 2.24) is 4.90 Å². The normalized spacial score (nSPS) is 25.4. The second-order valence-electron chi connectivity index (χ2n) is 3.96. The molecule has 1 rings (SSSR count). The fraction of sp³-hybridized carbons (Fsp3) is 1.00. The lowest BCUT2D eigenvalue weighted by molar-refractivity contribution is 0.0735. The molecule has 3 heteroatoms. The van der Waals surface area contributed by atoms with Gasteiger partial charge in [0, 0.05) is 25.7 Å². The number of ether oxygens (including phenoxy) is 1. The molecule has 13 heavy (non-hydrogen) atoms. The molecule has 0 bridgehead atoms. The van der Waals surface area contributed by atoms with Gasteiger partial charge in [0.2, 0.25) is 0 Å². The van der Waals surface area contributed by atoms with Gasteiger partial charge in [-0.2, -0.15) is 0 Å². The van der Waals surface area contributed by atoms with Gasteiger partial charge in [-0.1, -0.05) is 6.92 Å². The van der Waals surface area contributed by atoms with Gasteiger partial charge in [-0.05, 0) is 26.3 Å². The van der Waals surface area contributed by atoms with Crippen molar-refractivity contribution < 1.29 is 4.74 Å². The van der Waals surface area contributed by atoms with E-state index in [1.165, 1.54) is 12.8 Å². The SMILES string of the molecule is CCN(CC1CCCO1)C[C@@H](C)N. The van der Waals surface area contributed by atoms with Crippen LogP contribution in [0.1, 0.15) is 26.7 Å². The molecule has 0 aromatic rings. The minimum Gasteiger partial charge on any atom is -0.377 e. The third-order valence-corrected chi connectivity index (χ3v) is 2.48. The van der Waals surface area contributed by atoms with Crippen molar-refractivity contribution in [2.24, 2.45) is 5.73 Å². The molecule has 1 fully saturated rings. The number of nitrogens with zero attached hydrogens (tertiary/aromatic N) is 1. The van der Waals surface area contributed by atoms with Crippen LogP contribution in [0.3, 0.4) is 0 Å². The Morgan fingerprint density at radius 1 is 1.62 bits per heavy atom. The Balaban J connectivity index is 2.21. The summed E-state index contributed by atoms with van der Waals surface area (Å²) in [6, 6.07) is 0.265. The van der Waals surface area contributed by atoms with Gasteiger partial charge in [0.15, 0.2) is 0 Å². The monoisotopic (exact) mass is 186 g/mol. The molecule has 78 valence electrons. The molecule has 1 saturated heterocycles. The summed E-state index contributed by atoms with van der Waals surface area (Å²) < 4.78 is 5.58. The molecular formula is C10H22N2O. The fourth-order valence-corrected chi connectivity index (χ4v) is 1.82. The van der Waals surface area contributed by atoms with Crippen LogP contribution in [0.5, 0.6) is 0 Å². The Morgan fingerprint density at radius 2 is 2.38 bits per heavy atom. The third-order valence-electron chi connectivity index (χ3n) is 2.48. The van der Waals surface area contributed by atoms with Gasteiger partial charge in [-0.3, -0.25) is 4.90 Å². The van der Waals surface area contributed by atoms with E-state index in [4.69, 9.17) is 10.5 Å². The van der Waals surface area contributed by atoms with Crippen LogP contribution in [0.15, 0.2) is 0 Å². The summed E-state index contributed by atoms with van der Waals surface area (Å²) in [4.78, 5) is 2.38. The highest BCUT2D eigenvalue weighted by Gasteiger charge is 2.18. The van der Waals surface area contributed by atoms with Crippen LogP contribution in [-0.4, -0.2) is 43.3 Å². The first-order valence-corrected chi connectivity index (χ1v) is 5.32. The second-order valence-corrected chi connectivity index (χ2v) is 3.96. The number of likely N-dealkylation sites (N-methyl/N-ethyl adjacent to an activating group) is 1. The lowest BCUT2D eigenvalue weighted by Gasteiger charge is -2.25. The van der Waals surface area contributed by atoms with E-state index in [1.807, 2.05) is 0 Å². The Labute approximate surface area is 81.2 Å². The van der Waals surface area contributed by atoms with Crippen LogP contribution >= 0.6 is 0 Å². The summed E-state index contributed by atoms with van der Waals surface area (Å²) in [5.74, 6) is 0. The largest absolute Gasteiger partial charge is 0.377 e. The van der Waals surface area contributed by atoms with Crippen LogP contribution in [0, 0.1) is 0 Å². The lowest BCUT2D eigenvalue weighted by Crippen LogP contribution is -2.39. The van der Waals surface area contributed by atoms with Gasteiger partial charge in [-0.15, -0.1) is 0 Å². The van der Waals surface area contributed by atoms with E-state index in [0.717, 1.165) is 26.2 Å². The van der Waals surface area contributed by atoms with Gasteiger partial charge < -0.3 is 10.5 Å². The first-order chi connectivity index (χ1) is 6.22. The molecule has 3 nitrogen and oxygen atoms in total. The zero-order chi connectivity index (χ0) is 9.68. The Bertz CT molecular complexity index is 133. The summed E-state index contributed by atoms with van der Waals surface area (Å²) >= 11 is 0. The van der Waals surface area contributed by atoms with Crippen molar-refractivity contribution in [3.8, 4) is 0 Å². The first kappa shape index (κ1) is 11.0. The molecule has 0 spiro atoms. The van der Waals surface area contributed by atoms with E-state index in [0.29, 0.717) is 6.10 Å². The molecule has 0 aromatic heterocycles. The van der Waals surface area contributed by atoms with E-state index in [1.54, 1.807) is 0 Å². The third kappa shape index (κ3) is 4.07. The topological polar surface area (TPSA) is 38.5 Å². The molecule has 0 aliphatic carbocycles. The predicted molar refractivity (Wildman–Crippen MR) is 54.7 cm³/mol. The van der Waals surface area contributed by atoms with Crippen LogP contribution in [0.4, 0.5) is 0 Å². The second kappa shape index (κ2) is 5.58. The summed E-state index contributed by atoms with van der Waals surface area (Å²) in [6.07, 6.45) is 2.90. The van der Waals surface area contributed by atoms with E-state index in [-0.39, 0.29) is 6.04 Å². The van der Waals surface area contributed by atoms with Crippen molar-refractivity contribution in [3.63, 3.8) is 0 Å². The van der Waals surface area contributed by atoms with Crippen LogP contribution < -0.4 is 5.73 Å². The average molecular weight is 186 g/mol. The van der Waals surface area contributed by atoms with Crippen LogP contribution in [-0.2, 0) is 4.74 Å². The zero-order valence-corrected chi connectivity index (χ0v) is 8.83. The Morgan fingerprint density at radius 3 is 2.85 bits per heavy atom. The lowest BCUT2D eigenvalue weighted by atomic mass is 10.2. The number of nitrogens with two attached hydrogens (primary N) is 1. The first-order valence-electron chi connectivity index (χ1n) is 5.32. The predicted octanol–water partition coefficient (Wildman–Crippen LogP) is 0.835. The van der Waals surface area contributed by atoms with Gasteiger partial charge in [0.25, 0.3) is 0 Å². The summed E-state index contributed by atoms with van der Waals surface area (Å²) in [7, 11) is 0. The minimum absolute atomic E-state index is 0.265. The highest BCUT2D eigenvalue weighted by molar-refractivity contribution is 4.71. The maximum absolute atomic E-state index is 5.76. The summed E-state index contributed by atoms with van der Waals surface area (Å²) in [5.41, 5.74) is 5.76. The molecule has 1 heterocycles. The highest BCUT2D eigenvalue weighted by atomic mass is 16.5. The van der Waals surface area contributed by atoms with Crippen molar-refractivity contribution in [2.45, 2.75) is 38.8 Å². The highest BCUT2D eigenvalue weighted by Crippen LogP contribution is 2.13. The van der Waals surface area contributed by atoms with E-state index in [9.17, 15) is 0 Å². The summed E-state index contributed by atoms with van der Waals surface area (Å²) in [5, 5.41) is 0. The van der Waals surface area contributed by atoms with Gasteiger partial charge in [-0.25, -0.2) is 0 Å². The molecule has 1 unspecified atom stereocenters. The van der Waals surface area contributed by atoms with Gasteiger partial charge in [0.05, 0.1) is 6.10 Å². The van der Waals surface area contributed by atoms with Crippen molar-refractivity contribution >= 4 is 0 Å². The zero-order valence-electron chi connectivity index (χ0n) is 8.83. The van der Waals surface area contributed by atoms with E-state index >= 15 is 0 Å². The minimum atomic E-state index is 0.265. The van der Waals surface area contributed by atoms with Crippen molar-refractivity contribution in [3.05, 3.63) is 0 Å². The molecule has 0 amide bonds. The maximum atomic E-state index is 5.76. The quantitative estimate of drug-likeness (QED) is 0.691. The van der Waals surface area contributed by atoms with Crippen molar-refractivity contribution in [2.75, 3.05) is 26.2 Å². The standard InChI is InChI=1S/C10H22N2O/c1-3-12(7-9(2)11)8-10-5-4-6-13-10/h9-10H,3-8,11H2,1-2H3/t9-,10?/m1/s1. The van der Waals surface area contributed by atoms with E-state index in [2.05, 4.69) is 18.7 Å². The fourth-order valence-electron chi connectivity index (χ4n) is 1.82. The van der Waals surface area contributed by atoms with Gasteiger partial charge >= 0.3 is 0 Å². The molecule has 0 saturated carbocycles. The number of hydrogen-bond acceptors (Lipinski definition) is 3. The summed E-state index contributed by atoms with van der Waals surface area (Å²) in [6.45, 7) is 8.28. The maximum Gasteiger partial charge on any atom is 0.0702 e. The number of rotatable bonds is 5. The molecule has 0 aromatic carbocycles. The van der Waals surface area contributed by atoms with Gasteiger partial charge in [0.1, 0.15) is 0 Å². The molecule has 2 N–H and O–H groups in total. The molecule has 0 radical (unpaired) electrons. The van der Waals surface area contributed by atoms with E-state index < -0.39 is 0 Å². The molecular weight excluding hydrogens is 164 g/mol. The van der Waals surface area contributed by atoms with Crippen LogP contribution in [0.2, 0.25) is 0 Å².